The first-order chi connectivity index (χ1) is 7.66. The predicted molar refractivity (Wildman–Crippen MR) is 62.8 cm³/mol. The molecule has 1 aromatic carbocycles. The van der Waals surface area contributed by atoms with Gasteiger partial charge in [-0.05, 0) is 30.5 Å². The van der Waals surface area contributed by atoms with E-state index in [1.165, 1.54) is 31.0 Å². The summed E-state index contributed by atoms with van der Waals surface area (Å²) in [7, 11) is 0. The number of carbonyl (C=O) groups is 1. The van der Waals surface area contributed by atoms with Gasteiger partial charge in [-0.2, -0.15) is 0 Å². The molecule has 1 fully saturated rings. The van der Waals surface area contributed by atoms with Gasteiger partial charge in [-0.1, -0.05) is 24.4 Å². The van der Waals surface area contributed by atoms with E-state index in [-0.39, 0.29) is 11.7 Å². The van der Waals surface area contributed by atoms with Crippen molar-refractivity contribution >= 4 is 17.5 Å². The van der Waals surface area contributed by atoms with E-state index in [9.17, 15) is 9.90 Å². The highest BCUT2D eigenvalue weighted by molar-refractivity contribution is 6.33. The number of phenols is 1. The number of nitrogens with one attached hydrogen (secondary N) is 1. The molecule has 0 unspecified atom stereocenters. The van der Waals surface area contributed by atoms with Crippen LogP contribution in [0.2, 0.25) is 5.02 Å². The summed E-state index contributed by atoms with van der Waals surface area (Å²) in [5, 5.41) is 12.4. The highest BCUT2D eigenvalue weighted by Crippen LogP contribution is 2.31. The Morgan fingerprint density at radius 2 is 2.25 bits per heavy atom. The molecule has 4 heteroatoms. The zero-order valence-electron chi connectivity index (χ0n) is 8.87. The summed E-state index contributed by atoms with van der Waals surface area (Å²) in [5.74, 6) is 0.623. The van der Waals surface area contributed by atoms with E-state index in [1.807, 2.05) is 0 Å². The molecule has 1 aliphatic rings. The number of phenolic OH excluding ortho intramolecular Hbond substituents is 1. The maximum absolute atomic E-state index is 11.7. The van der Waals surface area contributed by atoms with Crippen LogP contribution in [-0.2, 0) is 0 Å². The van der Waals surface area contributed by atoms with Gasteiger partial charge in [-0.25, -0.2) is 0 Å². The molecule has 1 saturated carbocycles. The molecule has 2 N–H and O–H groups in total. The molecule has 86 valence electrons. The topological polar surface area (TPSA) is 49.3 Å². The number of hydrogen-bond donors (Lipinski definition) is 2. The van der Waals surface area contributed by atoms with Crippen molar-refractivity contribution in [3.63, 3.8) is 0 Å². The summed E-state index contributed by atoms with van der Waals surface area (Å²) in [5.41, 5.74) is 0.331. The van der Waals surface area contributed by atoms with Crippen molar-refractivity contribution in [2.24, 2.45) is 5.92 Å². The molecular formula is C12H14ClNO2. The molecule has 2 rings (SSSR count). The molecule has 0 spiro atoms. The Bertz CT molecular complexity index is 402. The minimum absolute atomic E-state index is 0.0525. The lowest BCUT2D eigenvalue weighted by Gasteiger charge is -2.06. The van der Waals surface area contributed by atoms with Crippen LogP contribution in [0.25, 0.3) is 0 Å². The summed E-state index contributed by atoms with van der Waals surface area (Å²) in [4.78, 5) is 11.7. The second-order valence-electron chi connectivity index (χ2n) is 4.15. The van der Waals surface area contributed by atoms with Crippen LogP contribution in [0.15, 0.2) is 18.2 Å². The summed E-state index contributed by atoms with van der Waals surface area (Å²) in [6.07, 6.45) is 3.59. The van der Waals surface area contributed by atoms with Gasteiger partial charge in [-0.3, -0.25) is 4.79 Å². The van der Waals surface area contributed by atoms with Crippen molar-refractivity contribution < 1.29 is 9.90 Å². The molecule has 1 aromatic rings. The lowest BCUT2D eigenvalue weighted by molar-refractivity contribution is 0.0952. The van der Waals surface area contributed by atoms with E-state index >= 15 is 0 Å². The van der Waals surface area contributed by atoms with Crippen LogP contribution < -0.4 is 5.32 Å². The Labute approximate surface area is 99.4 Å². The fraction of sp³-hybridized carbons (Fsp3) is 0.417. The molecule has 0 bridgehead atoms. The molecule has 1 amide bonds. The van der Waals surface area contributed by atoms with E-state index in [0.717, 1.165) is 12.3 Å². The summed E-state index contributed by atoms with van der Waals surface area (Å²) < 4.78 is 0. The smallest absolute Gasteiger partial charge is 0.252 e. The van der Waals surface area contributed by atoms with Gasteiger partial charge in [0, 0.05) is 6.54 Å². The number of rotatable bonds is 4. The van der Waals surface area contributed by atoms with Crippen molar-refractivity contribution in [2.45, 2.75) is 19.3 Å². The first-order valence-corrected chi connectivity index (χ1v) is 5.81. The van der Waals surface area contributed by atoms with Gasteiger partial charge < -0.3 is 10.4 Å². The molecule has 3 nitrogen and oxygen atoms in total. The largest absolute Gasteiger partial charge is 0.508 e. The molecule has 0 atom stereocenters. The standard InChI is InChI=1S/C12H14ClNO2/c13-11-4-3-9(15)7-10(11)12(16)14-6-5-8-1-2-8/h3-4,7-8,15H,1-2,5-6H2,(H,14,16). The monoisotopic (exact) mass is 239 g/mol. The van der Waals surface area contributed by atoms with Gasteiger partial charge in [0.25, 0.3) is 5.91 Å². The minimum Gasteiger partial charge on any atom is -0.508 e. The number of aromatic hydroxyl groups is 1. The molecule has 0 aliphatic heterocycles. The van der Waals surface area contributed by atoms with Crippen molar-refractivity contribution in [2.75, 3.05) is 6.54 Å². The van der Waals surface area contributed by atoms with E-state index in [0.29, 0.717) is 17.1 Å². The van der Waals surface area contributed by atoms with Crippen LogP contribution >= 0.6 is 11.6 Å². The Morgan fingerprint density at radius 1 is 1.50 bits per heavy atom. The van der Waals surface area contributed by atoms with Crippen LogP contribution in [0.3, 0.4) is 0 Å². The highest BCUT2D eigenvalue weighted by Gasteiger charge is 2.21. The number of benzene rings is 1. The van der Waals surface area contributed by atoms with Crippen LogP contribution in [0.5, 0.6) is 5.75 Å². The molecule has 16 heavy (non-hydrogen) atoms. The summed E-state index contributed by atoms with van der Waals surface area (Å²) in [6.45, 7) is 0.676. The maximum atomic E-state index is 11.7. The van der Waals surface area contributed by atoms with Gasteiger partial charge in [0.1, 0.15) is 5.75 Å². The Balaban J connectivity index is 1.93. The fourth-order valence-corrected chi connectivity index (χ4v) is 1.78. The Kier molecular flexibility index (Phi) is 3.34. The van der Waals surface area contributed by atoms with E-state index in [4.69, 9.17) is 11.6 Å². The molecule has 0 heterocycles. The van der Waals surface area contributed by atoms with Gasteiger partial charge >= 0.3 is 0 Å². The van der Waals surface area contributed by atoms with Gasteiger partial charge in [0.2, 0.25) is 0 Å². The normalized spacial score (nSPS) is 14.8. The number of amides is 1. The molecule has 0 radical (unpaired) electrons. The minimum atomic E-state index is -0.221. The molecule has 0 saturated heterocycles. The third kappa shape index (κ3) is 2.89. The highest BCUT2D eigenvalue weighted by atomic mass is 35.5. The van der Waals surface area contributed by atoms with Crippen molar-refractivity contribution in [3.05, 3.63) is 28.8 Å². The van der Waals surface area contributed by atoms with E-state index < -0.39 is 0 Å². The third-order valence-corrected chi connectivity index (χ3v) is 3.06. The van der Waals surface area contributed by atoms with Crippen LogP contribution in [0, 0.1) is 5.92 Å². The first-order valence-electron chi connectivity index (χ1n) is 5.43. The number of hydrogen-bond acceptors (Lipinski definition) is 2. The van der Waals surface area contributed by atoms with E-state index in [2.05, 4.69) is 5.32 Å². The van der Waals surface area contributed by atoms with Gasteiger partial charge in [0.05, 0.1) is 10.6 Å². The lowest BCUT2D eigenvalue weighted by Crippen LogP contribution is -2.24. The Morgan fingerprint density at radius 3 is 2.94 bits per heavy atom. The zero-order valence-corrected chi connectivity index (χ0v) is 9.63. The number of carbonyl (C=O) groups excluding carboxylic acids is 1. The predicted octanol–water partition coefficient (Wildman–Crippen LogP) is 2.58. The van der Waals surface area contributed by atoms with Crippen LogP contribution in [-0.4, -0.2) is 17.6 Å². The third-order valence-electron chi connectivity index (χ3n) is 2.73. The zero-order chi connectivity index (χ0) is 11.5. The van der Waals surface area contributed by atoms with Crippen LogP contribution in [0.1, 0.15) is 29.6 Å². The summed E-state index contributed by atoms with van der Waals surface area (Å²) in [6, 6.07) is 4.37. The lowest BCUT2D eigenvalue weighted by atomic mass is 10.2. The Hall–Kier alpha value is -1.22. The average molecular weight is 240 g/mol. The van der Waals surface area contributed by atoms with Crippen molar-refractivity contribution in [1.29, 1.82) is 0 Å². The second kappa shape index (κ2) is 4.74. The van der Waals surface area contributed by atoms with E-state index in [1.54, 1.807) is 0 Å². The second-order valence-corrected chi connectivity index (χ2v) is 4.56. The first kappa shape index (κ1) is 11.3. The number of halogens is 1. The van der Waals surface area contributed by atoms with Crippen molar-refractivity contribution in [1.82, 2.24) is 5.32 Å². The SMILES string of the molecule is O=C(NCCC1CC1)c1cc(O)ccc1Cl. The molecule has 0 aromatic heterocycles. The van der Waals surface area contributed by atoms with Gasteiger partial charge in [0.15, 0.2) is 0 Å². The summed E-state index contributed by atoms with van der Waals surface area (Å²) >= 11 is 5.87. The van der Waals surface area contributed by atoms with Crippen molar-refractivity contribution in [3.8, 4) is 5.75 Å². The molecular weight excluding hydrogens is 226 g/mol. The van der Waals surface area contributed by atoms with Gasteiger partial charge in [-0.15, -0.1) is 0 Å². The average Bonchev–Trinajstić information content (AvgIpc) is 3.05. The fourth-order valence-electron chi connectivity index (χ4n) is 1.58. The quantitative estimate of drug-likeness (QED) is 0.849. The van der Waals surface area contributed by atoms with Crippen LogP contribution in [0.4, 0.5) is 0 Å². The molecule has 1 aliphatic carbocycles. The maximum Gasteiger partial charge on any atom is 0.252 e.